The Morgan fingerprint density at radius 1 is 1.50 bits per heavy atom. The summed E-state index contributed by atoms with van der Waals surface area (Å²) in [4.78, 5) is 7.45. The van der Waals surface area contributed by atoms with Crippen LogP contribution in [0.1, 0.15) is 32.1 Å². The molecule has 0 fully saturated rings. The molecule has 0 radical (unpaired) electrons. The predicted molar refractivity (Wildman–Crippen MR) is 62.4 cm³/mol. The molecule has 0 aliphatic carbocycles. The molecule has 0 bridgehead atoms. The van der Waals surface area contributed by atoms with Crippen LogP contribution >= 0.6 is 0 Å². The minimum Gasteiger partial charge on any atom is -0.341 e. The summed E-state index contributed by atoms with van der Waals surface area (Å²) in [5, 5.41) is 0. The molecule has 2 unspecified atom stereocenters. The zero-order chi connectivity index (χ0) is 11.7. The first-order valence-corrected chi connectivity index (χ1v) is 5.52. The van der Waals surface area contributed by atoms with E-state index < -0.39 is 0 Å². The van der Waals surface area contributed by atoms with Gasteiger partial charge in [0.1, 0.15) is 11.6 Å². The summed E-state index contributed by atoms with van der Waals surface area (Å²) in [6.45, 7) is 4.17. The Labute approximate surface area is 93.9 Å². The first kappa shape index (κ1) is 11.1. The number of H-pyrrole nitrogens is 1. The van der Waals surface area contributed by atoms with E-state index in [0.29, 0.717) is 11.4 Å². The number of halogens is 1. The molecule has 3 nitrogen and oxygen atoms in total. The molecule has 4 heteroatoms. The van der Waals surface area contributed by atoms with Gasteiger partial charge in [0.25, 0.3) is 0 Å². The van der Waals surface area contributed by atoms with E-state index in [9.17, 15) is 4.39 Å². The average molecular weight is 221 g/mol. The highest BCUT2D eigenvalue weighted by molar-refractivity contribution is 5.75. The molecule has 0 amide bonds. The van der Waals surface area contributed by atoms with Crippen LogP contribution in [0.25, 0.3) is 11.0 Å². The molecule has 2 atom stereocenters. The third-order valence-corrected chi connectivity index (χ3v) is 3.03. The summed E-state index contributed by atoms with van der Waals surface area (Å²) in [6.07, 6.45) is 0.993. The van der Waals surface area contributed by atoms with Crippen molar-refractivity contribution in [3.63, 3.8) is 0 Å². The smallest absolute Gasteiger partial charge is 0.125 e. The topological polar surface area (TPSA) is 54.7 Å². The maximum atomic E-state index is 13.0. The Morgan fingerprint density at radius 3 is 2.94 bits per heavy atom. The fraction of sp³-hybridized carbons (Fsp3) is 0.417. The molecule has 1 heterocycles. The fourth-order valence-electron chi connectivity index (χ4n) is 1.68. The Hall–Kier alpha value is -1.42. The van der Waals surface area contributed by atoms with Gasteiger partial charge >= 0.3 is 0 Å². The molecule has 0 saturated carbocycles. The van der Waals surface area contributed by atoms with Crippen LogP contribution in [0, 0.1) is 11.7 Å². The van der Waals surface area contributed by atoms with Crippen molar-refractivity contribution in [3.05, 3.63) is 29.8 Å². The van der Waals surface area contributed by atoms with Crippen molar-refractivity contribution >= 4 is 11.0 Å². The molecule has 0 spiro atoms. The van der Waals surface area contributed by atoms with Gasteiger partial charge in [-0.15, -0.1) is 0 Å². The predicted octanol–water partition coefficient (Wildman–Crippen LogP) is 2.75. The minimum atomic E-state index is -0.264. The van der Waals surface area contributed by atoms with Gasteiger partial charge in [0.05, 0.1) is 17.1 Å². The highest BCUT2D eigenvalue weighted by Gasteiger charge is 2.16. The number of nitrogens with one attached hydrogen (secondary N) is 1. The second kappa shape index (κ2) is 4.22. The number of nitrogens with zero attached hydrogens (tertiary/aromatic N) is 1. The number of fused-ring (bicyclic) bond motifs is 1. The van der Waals surface area contributed by atoms with Gasteiger partial charge in [-0.3, -0.25) is 0 Å². The van der Waals surface area contributed by atoms with Crippen molar-refractivity contribution in [2.45, 2.75) is 26.3 Å². The lowest BCUT2D eigenvalue weighted by Gasteiger charge is -2.15. The van der Waals surface area contributed by atoms with Crippen LogP contribution in [0.15, 0.2) is 18.2 Å². The fourth-order valence-corrected chi connectivity index (χ4v) is 1.68. The molecule has 16 heavy (non-hydrogen) atoms. The summed E-state index contributed by atoms with van der Waals surface area (Å²) >= 11 is 0. The zero-order valence-corrected chi connectivity index (χ0v) is 9.50. The molecule has 86 valence electrons. The summed E-state index contributed by atoms with van der Waals surface area (Å²) in [6, 6.07) is 4.38. The van der Waals surface area contributed by atoms with Crippen LogP contribution in [0.2, 0.25) is 0 Å². The van der Waals surface area contributed by atoms with Gasteiger partial charge in [-0.25, -0.2) is 9.37 Å². The van der Waals surface area contributed by atoms with E-state index >= 15 is 0 Å². The summed E-state index contributed by atoms with van der Waals surface area (Å²) in [5.74, 6) is 0.820. The van der Waals surface area contributed by atoms with Gasteiger partial charge in [0, 0.05) is 0 Å². The van der Waals surface area contributed by atoms with Crippen molar-refractivity contribution in [2.24, 2.45) is 11.7 Å². The molecule has 0 aliphatic heterocycles. The molecule has 3 N–H and O–H groups in total. The third-order valence-electron chi connectivity index (χ3n) is 3.03. The van der Waals surface area contributed by atoms with Crippen molar-refractivity contribution in [1.29, 1.82) is 0 Å². The molecule has 0 saturated heterocycles. The molecule has 1 aromatic carbocycles. The second-order valence-corrected chi connectivity index (χ2v) is 4.19. The first-order chi connectivity index (χ1) is 7.61. The average Bonchev–Trinajstić information content (AvgIpc) is 2.69. The molecule has 0 aliphatic rings. The van der Waals surface area contributed by atoms with Crippen molar-refractivity contribution < 1.29 is 4.39 Å². The summed E-state index contributed by atoms with van der Waals surface area (Å²) in [7, 11) is 0. The van der Waals surface area contributed by atoms with E-state index in [1.807, 2.05) is 0 Å². The number of imidazole rings is 1. The van der Waals surface area contributed by atoms with Crippen LogP contribution in [0.3, 0.4) is 0 Å². The standard InChI is InChI=1S/C12H16FN3/c1-3-7(2)11(14)12-15-9-5-4-8(13)6-10(9)16-12/h4-7,11H,3,14H2,1-2H3,(H,15,16). The first-order valence-electron chi connectivity index (χ1n) is 5.52. The van der Waals surface area contributed by atoms with E-state index in [1.165, 1.54) is 12.1 Å². The Balaban J connectivity index is 2.39. The lowest BCUT2D eigenvalue weighted by Crippen LogP contribution is -2.19. The summed E-state index contributed by atoms with van der Waals surface area (Å²) in [5.41, 5.74) is 7.53. The van der Waals surface area contributed by atoms with Crippen LogP contribution in [0.5, 0.6) is 0 Å². The van der Waals surface area contributed by atoms with Gasteiger partial charge in [0.15, 0.2) is 0 Å². The summed E-state index contributed by atoms with van der Waals surface area (Å²) < 4.78 is 13.0. The molecule has 2 rings (SSSR count). The Bertz CT molecular complexity index is 492. The number of nitrogens with two attached hydrogens (primary N) is 1. The lowest BCUT2D eigenvalue weighted by molar-refractivity contribution is 0.442. The van der Waals surface area contributed by atoms with E-state index in [1.54, 1.807) is 6.07 Å². The normalized spacial score (nSPS) is 15.2. The largest absolute Gasteiger partial charge is 0.341 e. The highest BCUT2D eigenvalue weighted by atomic mass is 19.1. The van der Waals surface area contributed by atoms with Gasteiger partial charge in [0.2, 0.25) is 0 Å². The number of hydrogen-bond donors (Lipinski definition) is 2. The number of aromatic nitrogens is 2. The molecular weight excluding hydrogens is 205 g/mol. The highest BCUT2D eigenvalue weighted by Crippen LogP contribution is 2.22. The second-order valence-electron chi connectivity index (χ2n) is 4.19. The zero-order valence-electron chi connectivity index (χ0n) is 9.50. The van der Waals surface area contributed by atoms with Crippen molar-refractivity contribution in [2.75, 3.05) is 0 Å². The van der Waals surface area contributed by atoms with Gasteiger partial charge in [-0.2, -0.15) is 0 Å². The molecule has 1 aromatic heterocycles. The van der Waals surface area contributed by atoms with Crippen molar-refractivity contribution in [3.8, 4) is 0 Å². The van der Waals surface area contributed by atoms with Crippen LogP contribution < -0.4 is 5.73 Å². The lowest BCUT2D eigenvalue weighted by atomic mass is 10.00. The quantitative estimate of drug-likeness (QED) is 0.837. The van der Waals surface area contributed by atoms with E-state index in [4.69, 9.17) is 5.73 Å². The molecular formula is C12H16FN3. The van der Waals surface area contributed by atoms with Crippen LogP contribution in [-0.2, 0) is 0 Å². The Kier molecular flexibility index (Phi) is 2.92. The minimum absolute atomic E-state index is 0.125. The number of aromatic amines is 1. The maximum absolute atomic E-state index is 13.0. The van der Waals surface area contributed by atoms with E-state index in [2.05, 4.69) is 23.8 Å². The number of hydrogen-bond acceptors (Lipinski definition) is 2. The molecule has 2 aromatic rings. The monoisotopic (exact) mass is 221 g/mol. The van der Waals surface area contributed by atoms with Gasteiger partial charge < -0.3 is 10.7 Å². The van der Waals surface area contributed by atoms with Crippen LogP contribution in [0.4, 0.5) is 4.39 Å². The van der Waals surface area contributed by atoms with Crippen molar-refractivity contribution in [1.82, 2.24) is 9.97 Å². The SMILES string of the molecule is CCC(C)C(N)c1nc2ccc(F)cc2[nH]1. The number of rotatable bonds is 3. The van der Waals surface area contributed by atoms with Gasteiger partial charge in [-0.05, 0) is 24.1 Å². The third kappa shape index (κ3) is 1.93. The Morgan fingerprint density at radius 2 is 2.25 bits per heavy atom. The number of benzene rings is 1. The van der Waals surface area contributed by atoms with Gasteiger partial charge in [-0.1, -0.05) is 20.3 Å². The maximum Gasteiger partial charge on any atom is 0.125 e. The van der Waals surface area contributed by atoms with E-state index in [-0.39, 0.29) is 11.9 Å². The van der Waals surface area contributed by atoms with E-state index in [0.717, 1.165) is 17.8 Å². The van der Waals surface area contributed by atoms with Crippen LogP contribution in [-0.4, -0.2) is 9.97 Å².